The molecule has 0 aliphatic rings. The van der Waals surface area contributed by atoms with Crippen LogP contribution in [-0.4, -0.2) is 19.3 Å². The number of azo groups is 1. The molecule has 7 heteroatoms. The maximum Gasteiger partial charge on any atom is 0.175 e. The van der Waals surface area contributed by atoms with E-state index in [-0.39, 0.29) is 0 Å². The fraction of sp³-hybridized carbons (Fsp3) is 0.0952. The van der Waals surface area contributed by atoms with Gasteiger partial charge in [-0.05, 0) is 60.7 Å². The van der Waals surface area contributed by atoms with Crippen molar-refractivity contribution in [3.05, 3.63) is 72.8 Å². The lowest BCUT2D eigenvalue weighted by Gasteiger charge is -2.13. The van der Waals surface area contributed by atoms with Crippen molar-refractivity contribution in [3.63, 3.8) is 0 Å². The molecule has 3 aromatic rings. The average molecular weight is 392 g/mol. The maximum atomic E-state index is 5.37. The van der Waals surface area contributed by atoms with E-state index in [2.05, 4.69) is 20.9 Å². The second kappa shape index (κ2) is 9.48. The van der Waals surface area contributed by atoms with Crippen molar-refractivity contribution >= 4 is 40.1 Å². The lowest BCUT2D eigenvalue weighted by Crippen LogP contribution is -2.18. The van der Waals surface area contributed by atoms with Crippen molar-refractivity contribution in [2.75, 3.05) is 24.9 Å². The largest absolute Gasteiger partial charge is 0.493 e. The molecule has 0 spiro atoms. The minimum absolute atomic E-state index is 0.464. The summed E-state index contributed by atoms with van der Waals surface area (Å²) >= 11 is 5.37. The number of nitrogens with zero attached hydrogens (tertiary/aromatic N) is 2. The van der Waals surface area contributed by atoms with E-state index in [0.29, 0.717) is 16.6 Å². The molecule has 0 saturated carbocycles. The zero-order valence-corrected chi connectivity index (χ0v) is 16.4. The lowest BCUT2D eigenvalue weighted by atomic mass is 10.2. The summed E-state index contributed by atoms with van der Waals surface area (Å²) in [5.41, 5.74) is 3.21. The van der Waals surface area contributed by atoms with Crippen LogP contribution in [0.3, 0.4) is 0 Å². The van der Waals surface area contributed by atoms with Crippen LogP contribution in [0, 0.1) is 0 Å². The van der Waals surface area contributed by atoms with Crippen molar-refractivity contribution in [2.45, 2.75) is 0 Å². The topological polar surface area (TPSA) is 67.2 Å². The molecule has 0 saturated heterocycles. The third-order valence-electron chi connectivity index (χ3n) is 3.80. The van der Waals surface area contributed by atoms with Gasteiger partial charge < -0.3 is 20.1 Å². The fourth-order valence-corrected chi connectivity index (χ4v) is 2.66. The Labute approximate surface area is 169 Å². The highest BCUT2D eigenvalue weighted by atomic mass is 32.1. The van der Waals surface area contributed by atoms with E-state index >= 15 is 0 Å². The minimum Gasteiger partial charge on any atom is -0.493 e. The van der Waals surface area contributed by atoms with Crippen LogP contribution >= 0.6 is 12.2 Å². The first kappa shape index (κ1) is 19.3. The summed E-state index contributed by atoms with van der Waals surface area (Å²) < 4.78 is 10.5. The molecule has 28 heavy (non-hydrogen) atoms. The molecule has 0 amide bonds. The second-order valence-corrected chi connectivity index (χ2v) is 6.14. The molecule has 0 aliphatic heterocycles. The zero-order valence-electron chi connectivity index (χ0n) is 15.5. The van der Waals surface area contributed by atoms with Crippen LogP contribution in [0.4, 0.5) is 22.7 Å². The first-order valence-corrected chi connectivity index (χ1v) is 8.95. The highest BCUT2D eigenvalue weighted by molar-refractivity contribution is 7.80. The number of thiocarbonyl (C=S) groups is 1. The lowest BCUT2D eigenvalue weighted by molar-refractivity contribution is 0.355. The predicted octanol–water partition coefficient (Wildman–Crippen LogP) is 5.93. The van der Waals surface area contributed by atoms with Gasteiger partial charge in [0.1, 0.15) is 0 Å². The molecular weight excluding hydrogens is 372 g/mol. The van der Waals surface area contributed by atoms with E-state index in [1.54, 1.807) is 14.2 Å². The van der Waals surface area contributed by atoms with Gasteiger partial charge in [-0.2, -0.15) is 10.2 Å². The number of nitrogens with one attached hydrogen (secondary N) is 2. The molecule has 3 aromatic carbocycles. The van der Waals surface area contributed by atoms with E-state index in [4.69, 9.17) is 21.7 Å². The smallest absolute Gasteiger partial charge is 0.175 e. The summed E-state index contributed by atoms with van der Waals surface area (Å²) in [6, 6.07) is 22.6. The SMILES string of the molecule is COc1ccc(NC(=S)Nc2ccc(N=Nc3ccccc3)cc2)cc1OC. The maximum absolute atomic E-state index is 5.37. The molecule has 2 N–H and O–H groups in total. The molecular formula is C21H20N4O2S. The number of benzene rings is 3. The number of rotatable bonds is 6. The third kappa shape index (κ3) is 5.28. The summed E-state index contributed by atoms with van der Waals surface area (Å²) in [5.74, 6) is 1.29. The Kier molecular flexibility index (Phi) is 6.54. The van der Waals surface area contributed by atoms with Gasteiger partial charge in [-0.1, -0.05) is 18.2 Å². The number of methoxy groups -OCH3 is 2. The zero-order chi connectivity index (χ0) is 19.8. The van der Waals surface area contributed by atoms with Crippen LogP contribution in [-0.2, 0) is 0 Å². The molecule has 0 aromatic heterocycles. The molecule has 6 nitrogen and oxygen atoms in total. The van der Waals surface area contributed by atoms with Crippen LogP contribution < -0.4 is 20.1 Å². The van der Waals surface area contributed by atoms with E-state index in [9.17, 15) is 0 Å². The van der Waals surface area contributed by atoms with E-state index in [1.165, 1.54) is 0 Å². The van der Waals surface area contributed by atoms with Crippen molar-refractivity contribution in [1.29, 1.82) is 0 Å². The summed E-state index contributed by atoms with van der Waals surface area (Å²) in [6.45, 7) is 0. The Hall–Kier alpha value is -3.45. The number of hydrogen-bond acceptors (Lipinski definition) is 5. The predicted molar refractivity (Wildman–Crippen MR) is 116 cm³/mol. The molecule has 0 aliphatic carbocycles. The average Bonchev–Trinajstić information content (AvgIpc) is 2.74. The van der Waals surface area contributed by atoms with Crippen molar-refractivity contribution in [1.82, 2.24) is 0 Å². The van der Waals surface area contributed by atoms with Crippen LogP contribution in [0.5, 0.6) is 11.5 Å². The van der Waals surface area contributed by atoms with Crippen LogP contribution in [0.2, 0.25) is 0 Å². The van der Waals surface area contributed by atoms with Gasteiger partial charge in [0.05, 0.1) is 25.6 Å². The van der Waals surface area contributed by atoms with E-state index in [0.717, 1.165) is 22.7 Å². The van der Waals surface area contributed by atoms with Gasteiger partial charge in [-0.25, -0.2) is 0 Å². The molecule has 0 heterocycles. The molecule has 142 valence electrons. The van der Waals surface area contributed by atoms with Gasteiger partial charge in [0.2, 0.25) is 0 Å². The Morgan fingerprint density at radius 3 is 1.93 bits per heavy atom. The van der Waals surface area contributed by atoms with Gasteiger partial charge in [0.15, 0.2) is 16.6 Å². The van der Waals surface area contributed by atoms with Crippen molar-refractivity contribution < 1.29 is 9.47 Å². The number of anilines is 2. The first-order chi connectivity index (χ1) is 13.7. The van der Waals surface area contributed by atoms with Crippen LogP contribution in [0.25, 0.3) is 0 Å². The quantitative estimate of drug-likeness (QED) is 0.402. The van der Waals surface area contributed by atoms with Gasteiger partial charge in [0, 0.05) is 17.4 Å². The second-order valence-electron chi connectivity index (χ2n) is 5.73. The molecule has 0 fully saturated rings. The molecule has 0 bridgehead atoms. The molecule has 0 radical (unpaired) electrons. The molecule has 0 atom stereocenters. The summed E-state index contributed by atoms with van der Waals surface area (Å²) in [6.07, 6.45) is 0. The standard InChI is InChI=1S/C21H20N4O2S/c1-26-19-13-12-18(14-20(19)27-2)23-21(28)22-15-8-10-17(11-9-15)25-24-16-6-4-3-5-7-16/h3-14H,1-2H3,(H2,22,23,28). The minimum atomic E-state index is 0.464. The van der Waals surface area contributed by atoms with Crippen molar-refractivity contribution in [2.24, 2.45) is 10.2 Å². The highest BCUT2D eigenvalue weighted by Crippen LogP contribution is 2.29. The monoisotopic (exact) mass is 392 g/mol. The van der Waals surface area contributed by atoms with Gasteiger partial charge in [-0.3, -0.25) is 0 Å². The van der Waals surface area contributed by atoms with Crippen LogP contribution in [0.15, 0.2) is 83.0 Å². The summed E-state index contributed by atoms with van der Waals surface area (Å²) in [7, 11) is 3.19. The summed E-state index contributed by atoms with van der Waals surface area (Å²) in [4.78, 5) is 0. The molecule has 3 rings (SSSR count). The Morgan fingerprint density at radius 2 is 1.29 bits per heavy atom. The van der Waals surface area contributed by atoms with Gasteiger partial charge in [0.25, 0.3) is 0 Å². The van der Waals surface area contributed by atoms with Crippen molar-refractivity contribution in [3.8, 4) is 11.5 Å². The normalized spacial score (nSPS) is 10.5. The fourth-order valence-electron chi connectivity index (χ4n) is 2.43. The third-order valence-corrected chi connectivity index (χ3v) is 4.01. The Bertz CT molecular complexity index is 960. The highest BCUT2D eigenvalue weighted by Gasteiger charge is 2.06. The number of ether oxygens (including phenoxy) is 2. The van der Waals surface area contributed by atoms with E-state index in [1.807, 2.05) is 72.8 Å². The van der Waals surface area contributed by atoms with Crippen LogP contribution in [0.1, 0.15) is 0 Å². The molecule has 0 unspecified atom stereocenters. The van der Waals surface area contributed by atoms with E-state index < -0.39 is 0 Å². The van der Waals surface area contributed by atoms with Gasteiger partial charge in [-0.15, -0.1) is 0 Å². The number of hydrogen-bond donors (Lipinski definition) is 2. The summed E-state index contributed by atoms with van der Waals surface area (Å²) in [5, 5.41) is 15.1. The Balaban J connectivity index is 1.59. The van der Waals surface area contributed by atoms with Gasteiger partial charge >= 0.3 is 0 Å². The Morgan fingerprint density at radius 1 is 0.714 bits per heavy atom. The first-order valence-electron chi connectivity index (χ1n) is 8.55.